The fourth-order valence-corrected chi connectivity index (χ4v) is 5.47. The first-order chi connectivity index (χ1) is 18.8. The average Bonchev–Trinajstić information content (AvgIpc) is 3.35. The molecule has 1 heterocycles. The fraction of sp³-hybridized carbons (Fsp3) is 0.483. The second kappa shape index (κ2) is 13.3. The van der Waals surface area contributed by atoms with Gasteiger partial charge in [-0.05, 0) is 79.7 Å². The maximum atomic E-state index is 13.1. The number of rotatable bonds is 10. The molecule has 208 valence electrons. The van der Waals surface area contributed by atoms with Gasteiger partial charge in [0.2, 0.25) is 5.91 Å². The van der Waals surface area contributed by atoms with E-state index in [4.69, 9.17) is 0 Å². The van der Waals surface area contributed by atoms with E-state index in [0.29, 0.717) is 11.5 Å². The van der Waals surface area contributed by atoms with Gasteiger partial charge >= 0.3 is 6.03 Å². The molecule has 3 aromatic rings. The molecule has 0 aliphatic heterocycles. The van der Waals surface area contributed by atoms with Crippen molar-refractivity contribution < 1.29 is 9.59 Å². The van der Waals surface area contributed by atoms with Crippen molar-refractivity contribution in [3.05, 3.63) is 60.2 Å². The predicted molar refractivity (Wildman–Crippen MR) is 152 cm³/mol. The first-order valence-corrected chi connectivity index (χ1v) is 13.7. The Morgan fingerprint density at radius 2 is 1.87 bits per heavy atom. The molecule has 0 bridgehead atoms. The molecule has 39 heavy (non-hydrogen) atoms. The highest BCUT2D eigenvalue weighted by Crippen LogP contribution is 2.29. The predicted octanol–water partition coefficient (Wildman–Crippen LogP) is 3.58. The molecule has 0 spiro atoms. The number of anilines is 1. The maximum absolute atomic E-state index is 13.1. The van der Waals surface area contributed by atoms with Crippen LogP contribution >= 0.6 is 0 Å². The van der Waals surface area contributed by atoms with Gasteiger partial charge in [-0.25, -0.2) is 9.48 Å². The quantitative estimate of drug-likeness (QED) is 0.413. The Bertz CT molecular complexity index is 1230. The number of hydrogen-bond donors (Lipinski definition) is 2. The van der Waals surface area contributed by atoms with Crippen molar-refractivity contribution in [1.82, 2.24) is 35.3 Å². The van der Waals surface area contributed by atoms with Gasteiger partial charge in [0.1, 0.15) is 0 Å². The third kappa shape index (κ3) is 7.86. The molecule has 3 atom stereocenters. The standard InChI is InChI=1S/C29H40N8O2/c1-21(38)36(3)26-15-16-27(24(19-26)20-35(2)17-9-12-22-10-6-5-7-11-22)31-29(39)30-25-14-8-13-23(18-25)28-32-33-34-37(28)4/h5-8,10-11,13-14,18,24,26-27H,9,12,15-17,19-20H2,1-4H3,(H2,30,31,39)/t24-,26-,27+/m0/s1. The van der Waals surface area contributed by atoms with Crippen LogP contribution in [0.4, 0.5) is 10.5 Å². The summed E-state index contributed by atoms with van der Waals surface area (Å²) in [6, 6.07) is 18.0. The summed E-state index contributed by atoms with van der Waals surface area (Å²) >= 11 is 0. The Hall–Kier alpha value is -3.79. The van der Waals surface area contributed by atoms with E-state index in [2.05, 4.69) is 62.4 Å². The van der Waals surface area contributed by atoms with Gasteiger partial charge in [-0.3, -0.25) is 4.79 Å². The summed E-state index contributed by atoms with van der Waals surface area (Å²) in [4.78, 5) is 29.4. The van der Waals surface area contributed by atoms with Crippen LogP contribution in [0.25, 0.3) is 11.4 Å². The molecule has 4 rings (SSSR count). The first kappa shape index (κ1) is 28.2. The Morgan fingerprint density at radius 1 is 1.08 bits per heavy atom. The summed E-state index contributed by atoms with van der Waals surface area (Å²) < 4.78 is 1.59. The highest BCUT2D eigenvalue weighted by molar-refractivity contribution is 5.90. The Kier molecular flexibility index (Phi) is 9.64. The zero-order chi connectivity index (χ0) is 27.8. The molecule has 0 radical (unpaired) electrons. The van der Waals surface area contributed by atoms with E-state index in [1.54, 1.807) is 18.7 Å². The minimum Gasteiger partial charge on any atom is -0.343 e. The van der Waals surface area contributed by atoms with Gasteiger partial charge < -0.3 is 20.4 Å². The molecule has 2 aromatic carbocycles. The number of carbonyl (C=O) groups is 2. The lowest BCUT2D eigenvalue weighted by molar-refractivity contribution is -0.130. The molecular formula is C29H40N8O2. The number of aromatic nitrogens is 4. The van der Waals surface area contributed by atoms with Crippen LogP contribution in [0.15, 0.2) is 54.6 Å². The number of benzene rings is 2. The molecule has 0 saturated heterocycles. The van der Waals surface area contributed by atoms with E-state index in [0.717, 1.165) is 50.8 Å². The van der Waals surface area contributed by atoms with Crippen LogP contribution in [-0.4, -0.2) is 81.2 Å². The summed E-state index contributed by atoms with van der Waals surface area (Å²) in [6.07, 6.45) is 4.66. The van der Waals surface area contributed by atoms with E-state index in [-0.39, 0.29) is 29.9 Å². The number of tetrazole rings is 1. The average molecular weight is 533 g/mol. The minimum absolute atomic E-state index is 0.0179. The number of nitrogens with zero attached hydrogens (tertiary/aromatic N) is 6. The van der Waals surface area contributed by atoms with Gasteiger partial charge in [0.05, 0.1) is 0 Å². The fourth-order valence-electron chi connectivity index (χ4n) is 5.47. The van der Waals surface area contributed by atoms with Crippen LogP contribution in [0.1, 0.15) is 38.2 Å². The molecule has 1 saturated carbocycles. The normalized spacial score (nSPS) is 19.1. The molecule has 10 heteroatoms. The number of hydrogen-bond acceptors (Lipinski definition) is 6. The van der Waals surface area contributed by atoms with Crippen LogP contribution in [0, 0.1) is 5.92 Å². The lowest BCUT2D eigenvalue weighted by Gasteiger charge is -2.41. The molecule has 10 nitrogen and oxygen atoms in total. The number of carbonyl (C=O) groups excluding carboxylic acids is 2. The summed E-state index contributed by atoms with van der Waals surface area (Å²) in [5, 5.41) is 17.8. The van der Waals surface area contributed by atoms with Crippen molar-refractivity contribution in [2.24, 2.45) is 13.0 Å². The summed E-state index contributed by atoms with van der Waals surface area (Å²) in [6.45, 7) is 3.45. The molecule has 1 fully saturated rings. The summed E-state index contributed by atoms with van der Waals surface area (Å²) in [5.74, 6) is 0.938. The van der Waals surface area contributed by atoms with Crippen LogP contribution in [-0.2, 0) is 18.3 Å². The summed E-state index contributed by atoms with van der Waals surface area (Å²) in [7, 11) is 5.81. The van der Waals surface area contributed by atoms with Crippen LogP contribution < -0.4 is 10.6 Å². The van der Waals surface area contributed by atoms with Crippen molar-refractivity contribution in [2.75, 3.05) is 32.5 Å². The largest absolute Gasteiger partial charge is 0.343 e. The van der Waals surface area contributed by atoms with E-state index < -0.39 is 0 Å². The zero-order valence-corrected chi connectivity index (χ0v) is 23.4. The Morgan fingerprint density at radius 3 is 2.59 bits per heavy atom. The van der Waals surface area contributed by atoms with Crippen molar-refractivity contribution in [1.29, 1.82) is 0 Å². The van der Waals surface area contributed by atoms with Crippen LogP contribution in [0.5, 0.6) is 0 Å². The first-order valence-electron chi connectivity index (χ1n) is 13.7. The second-order valence-electron chi connectivity index (χ2n) is 10.6. The van der Waals surface area contributed by atoms with Gasteiger partial charge in [0, 0.05) is 50.9 Å². The SMILES string of the molecule is CC(=O)N(C)[C@H]1CC[C@@H](NC(=O)Nc2cccc(-c3nnnn3C)c2)[C@H](CN(C)CCCc2ccccc2)C1. The zero-order valence-electron chi connectivity index (χ0n) is 23.4. The van der Waals surface area contributed by atoms with Crippen molar-refractivity contribution >= 4 is 17.6 Å². The van der Waals surface area contributed by atoms with Crippen molar-refractivity contribution in [3.63, 3.8) is 0 Å². The minimum atomic E-state index is -0.233. The summed E-state index contributed by atoms with van der Waals surface area (Å²) in [5.41, 5.74) is 2.85. The highest BCUT2D eigenvalue weighted by atomic mass is 16.2. The van der Waals surface area contributed by atoms with Crippen molar-refractivity contribution in [3.8, 4) is 11.4 Å². The molecule has 1 aromatic heterocycles. The number of amides is 3. The smallest absolute Gasteiger partial charge is 0.319 e. The number of aryl methyl sites for hydroxylation is 2. The lowest BCUT2D eigenvalue weighted by Crippen LogP contribution is -2.52. The van der Waals surface area contributed by atoms with E-state index >= 15 is 0 Å². The molecule has 1 aliphatic carbocycles. The van der Waals surface area contributed by atoms with Gasteiger partial charge in [0.15, 0.2) is 5.82 Å². The topological polar surface area (TPSA) is 108 Å². The number of nitrogens with one attached hydrogen (secondary N) is 2. The van der Waals surface area contributed by atoms with Crippen LogP contribution in [0.3, 0.4) is 0 Å². The lowest BCUT2D eigenvalue weighted by atomic mass is 9.80. The molecule has 0 unspecified atom stereocenters. The van der Waals surface area contributed by atoms with E-state index in [1.165, 1.54) is 5.56 Å². The van der Waals surface area contributed by atoms with Gasteiger partial charge in [-0.1, -0.05) is 42.5 Å². The number of urea groups is 1. The maximum Gasteiger partial charge on any atom is 0.319 e. The molecule has 2 N–H and O–H groups in total. The van der Waals surface area contributed by atoms with E-state index in [9.17, 15) is 9.59 Å². The Balaban J connectivity index is 1.37. The Labute approximate surface area is 230 Å². The molecule has 3 amide bonds. The third-order valence-corrected chi connectivity index (χ3v) is 7.71. The molecular weight excluding hydrogens is 492 g/mol. The van der Waals surface area contributed by atoms with Gasteiger partial charge in [0.25, 0.3) is 0 Å². The highest BCUT2D eigenvalue weighted by Gasteiger charge is 2.34. The second-order valence-corrected chi connectivity index (χ2v) is 10.6. The van der Waals surface area contributed by atoms with E-state index in [1.807, 2.05) is 42.3 Å². The third-order valence-electron chi connectivity index (χ3n) is 7.71. The van der Waals surface area contributed by atoms with Gasteiger partial charge in [-0.15, -0.1) is 5.10 Å². The van der Waals surface area contributed by atoms with Gasteiger partial charge in [-0.2, -0.15) is 0 Å². The van der Waals surface area contributed by atoms with Crippen LogP contribution in [0.2, 0.25) is 0 Å². The molecule has 1 aliphatic rings. The van der Waals surface area contributed by atoms with Crippen molar-refractivity contribution in [2.45, 2.75) is 51.1 Å². The monoisotopic (exact) mass is 532 g/mol.